The molecule has 1 aliphatic carbocycles. The van der Waals surface area contributed by atoms with Crippen molar-refractivity contribution in [2.24, 2.45) is 0 Å². The molecule has 0 spiro atoms. The van der Waals surface area contributed by atoms with Gasteiger partial charge >= 0.3 is 0 Å². The van der Waals surface area contributed by atoms with Gasteiger partial charge < -0.3 is 4.74 Å². The fourth-order valence-electron chi connectivity index (χ4n) is 3.44. The zero-order valence-corrected chi connectivity index (χ0v) is 18.3. The van der Waals surface area contributed by atoms with E-state index in [1.54, 1.807) is 45.0 Å². The zero-order chi connectivity index (χ0) is 21.1. The van der Waals surface area contributed by atoms with Crippen molar-refractivity contribution >= 4 is 15.6 Å². The highest BCUT2D eigenvalue weighted by molar-refractivity contribution is 7.91. The van der Waals surface area contributed by atoms with Crippen LogP contribution in [0.5, 0.6) is 5.75 Å². The van der Waals surface area contributed by atoms with Gasteiger partial charge in [0.05, 0.1) is 16.6 Å². The number of ketones is 1. The van der Waals surface area contributed by atoms with Crippen LogP contribution in [0, 0.1) is 0 Å². The fraction of sp³-hybridized carbons (Fsp3) is 0.458. The van der Waals surface area contributed by atoms with E-state index < -0.39 is 14.6 Å². The van der Waals surface area contributed by atoms with Gasteiger partial charge in [-0.2, -0.15) is 0 Å². The summed E-state index contributed by atoms with van der Waals surface area (Å²) >= 11 is 0. The van der Waals surface area contributed by atoms with Crippen LogP contribution in [0.2, 0.25) is 0 Å². The second-order valence-corrected chi connectivity index (χ2v) is 11.6. The van der Waals surface area contributed by atoms with Crippen molar-refractivity contribution in [2.45, 2.75) is 69.5 Å². The van der Waals surface area contributed by atoms with Gasteiger partial charge in [-0.05, 0) is 69.7 Å². The number of ether oxygens (including phenoxy) is 1. The number of hydrogen-bond donors (Lipinski definition) is 0. The summed E-state index contributed by atoms with van der Waals surface area (Å²) in [7, 11) is -3.25. The molecule has 156 valence electrons. The number of rotatable bonds is 7. The van der Waals surface area contributed by atoms with E-state index in [0.29, 0.717) is 17.5 Å². The second-order valence-electron chi connectivity index (χ2n) is 8.84. The Balaban J connectivity index is 1.64. The minimum absolute atomic E-state index is 0.00763. The van der Waals surface area contributed by atoms with Gasteiger partial charge in [-0.15, -0.1) is 0 Å². The van der Waals surface area contributed by atoms with Crippen molar-refractivity contribution in [3.63, 3.8) is 0 Å². The summed E-state index contributed by atoms with van der Waals surface area (Å²) in [5, 5.41) is 0. The molecule has 0 radical (unpaired) electrons. The summed E-state index contributed by atoms with van der Waals surface area (Å²) in [5.74, 6) is 0.809. The summed E-state index contributed by atoms with van der Waals surface area (Å²) in [4.78, 5) is 12.7. The average Bonchev–Trinajstić information content (AvgIpc) is 3.14. The van der Waals surface area contributed by atoms with Gasteiger partial charge in [-0.25, -0.2) is 8.42 Å². The van der Waals surface area contributed by atoms with Gasteiger partial charge in [0.2, 0.25) is 0 Å². The molecule has 0 aliphatic heterocycles. The first kappa shape index (κ1) is 21.6. The van der Waals surface area contributed by atoms with Crippen molar-refractivity contribution in [2.75, 3.05) is 0 Å². The zero-order valence-electron chi connectivity index (χ0n) is 17.5. The standard InChI is InChI=1S/C24H30O4S/c1-24(2,3)29(26,27)17-18-11-13-20(14-12-18)23(25)16-19-7-6-10-22(15-19)28-21-8-4-5-9-21/h6-7,10-15,21H,4-5,8-9,16-17H2,1-3H3. The Hall–Kier alpha value is -2.14. The van der Waals surface area contributed by atoms with E-state index in [1.165, 1.54) is 12.8 Å². The topological polar surface area (TPSA) is 60.4 Å². The molecule has 1 aliphatic rings. The van der Waals surface area contributed by atoms with Crippen LogP contribution in [0.3, 0.4) is 0 Å². The highest BCUT2D eigenvalue weighted by Gasteiger charge is 2.29. The van der Waals surface area contributed by atoms with Crippen LogP contribution < -0.4 is 4.74 Å². The van der Waals surface area contributed by atoms with E-state index in [-0.39, 0.29) is 17.6 Å². The molecule has 29 heavy (non-hydrogen) atoms. The maximum atomic E-state index is 12.7. The van der Waals surface area contributed by atoms with Gasteiger partial charge in [0.1, 0.15) is 5.75 Å². The lowest BCUT2D eigenvalue weighted by atomic mass is 10.0. The van der Waals surface area contributed by atoms with E-state index in [1.807, 2.05) is 24.3 Å². The van der Waals surface area contributed by atoms with Crippen LogP contribution in [0.1, 0.15) is 67.9 Å². The van der Waals surface area contributed by atoms with Crippen LogP contribution in [0.25, 0.3) is 0 Å². The molecule has 2 aromatic rings. The third-order valence-corrected chi connectivity index (χ3v) is 8.01. The lowest BCUT2D eigenvalue weighted by Gasteiger charge is -2.19. The maximum Gasteiger partial charge on any atom is 0.167 e. The minimum atomic E-state index is -3.25. The molecule has 0 unspecified atom stereocenters. The predicted octanol–water partition coefficient (Wildman–Crippen LogP) is 5.15. The molecule has 0 heterocycles. The Bertz CT molecular complexity index is 947. The van der Waals surface area contributed by atoms with E-state index in [9.17, 15) is 13.2 Å². The summed E-state index contributed by atoms with van der Waals surface area (Å²) < 4.78 is 29.9. The number of Topliss-reactive ketones (excluding diaryl/α,β-unsaturated/α-hetero) is 1. The van der Waals surface area contributed by atoms with Gasteiger partial charge in [0.15, 0.2) is 15.6 Å². The van der Waals surface area contributed by atoms with Crippen LogP contribution in [-0.4, -0.2) is 25.1 Å². The highest BCUT2D eigenvalue weighted by Crippen LogP contribution is 2.25. The molecule has 0 saturated heterocycles. The SMILES string of the molecule is CC(C)(C)S(=O)(=O)Cc1ccc(C(=O)Cc2cccc(OC3CCCC3)c2)cc1. The van der Waals surface area contributed by atoms with Crippen molar-refractivity contribution in [3.8, 4) is 5.75 Å². The predicted molar refractivity (Wildman–Crippen MR) is 116 cm³/mol. The summed E-state index contributed by atoms with van der Waals surface area (Å²) in [6.45, 7) is 5.10. The van der Waals surface area contributed by atoms with Crippen molar-refractivity contribution in [1.29, 1.82) is 0 Å². The third-order valence-electron chi connectivity index (χ3n) is 5.43. The number of carbonyl (C=O) groups excluding carboxylic acids is 1. The Morgan fingerprint density at radius 2 is 1.66 bits per heavy atom. The molecule has 5 heteroatoms. The second kappa shape index (κ2) is 8.70. The summed E-state index contributed by atoms with van der Waals surface area (Å²) in [5.41, 5.74) is 2.21. The summed E-state index contributed by atoms with van der Waals surface area (Å²) in [6.07, 6.45) is 5.21. The van der Waals surface area contributed by atoms with E-state index in [0.717, 1.165) is 24.2 Å². The molecule has 4 nitrogen and oxygen atoms in total. The van der Waals surface area contributed by atoms with E-state index in [2.05, 4.69) is 0 Å². The lowest BCUT2D eigenvalue weighted by Crippen LogP contribution is -2.29. The molecular weight excluding hydrogens is 384 g/mol. The molecule has 2 aromatic carbocycles. The van der Waals surface area contributed by atoms with Crippen molar-refractivity contribution in [1.82, 2.24) is 0 Å². The lowest BCUT2D eigenvalue weighted by molar-refractivity contribution is 0.0993. The summed E-state index contributed by atoms with van der Waals surface area (Å²) in [6, 6.07) is 14.6. The van der Waals surface area contributed by atoms with Gasteiger partial charge in [-0.1, -0.05) is 36.4 Å². The van der Waals surface area contributed by atoms with Crippen LogP contribution in [0.15, 0.2) is 48.5 Å². The Morgan fingerprint density at radius 3 is 2.28 bits per heavy atom. The first-order valence-corrected chi connectivity index (χ1v) is 11.9. The van der Waals surface area contributed by atoms with Gasteiger partial charge in [0.25, 0.3) is 0 Å². The Morgan fingerprint density at radius 1 is 1.00 bits per heavy atom. The number of carbonyl (C=O) groups is 1. The quantitative estimate of drug-likeness (QED) is 0.588. The Kier molecular flexibility index (Phi) is 6.47. The molecule has 1 fully saturated rings. The molecule has 0 aromatic heterocycles. The molecule has 0 atom stereocenters. The van der Waals surface area contributed by atoms with Crippen LogP contribution >= 0.6 is 0 Å². The molecule has 0 bridgehead atoms. The average molecular weight is 415 g/mol. The minimum Gasteiger partial charge on any atom is -0.490 e. The van der Waals surface area contributed by atoms with Crippen LogP contribution in [0.4, 0.5) is 0 Å². The maximum absolute atomic E-state index is 12.7. The number of hydrogen-bond acceptors (Lipinski definition) is 4. The monoisotopic (exact) mass is 414 g/mol. The molecule has 3 rings (SSSR count). The third kappa shape index (κ3) is 5.69. The normalized spacial score (nSPS) is 15.4. The highest BCUT2D eigenvalue weighted by atomic mass is 32.2. The van der Waals surface area contributed by atoms with Crippen LogP contribution in [-0.2, 0) is 22.0 Å². The molecule has 0 amide bonds. The number of sulfone groups is 1. The van der Waals surface area contributed by atoms with E-state index in [4.69, 9.17) is 4.74 Å². The van der Waals surface area contributed by atoms with Crippen molar-refractivity contribution < 1.29 is 17.9 Å². The van der Waals surface area contributed by atoms with Gasteiger partial charge in [-0.3, -0.25) is 4.79 Å². The van der Waals surface area contributed by atoms with Crippen molar-refractivity contribution in [3.05, 3.63) is 65.2 Å². The van der Waals surface area contributed by atoms with E-state index >= 15 is 0 Å². The number of benzene rings is 2. The Labute approximate surface area is 174 Å². The molecule has 0 N–H and O–H groups in total. The molecule has 1 saturated carbocycles. The molecular formula is C24H30O4S. The largest absolute Gasteiger partial charge is 0.490 e. The first-order valence-electron chi connectivity index (χ1n) is 10.2. The first-order chi connectivity index (χ1) is 13.6. The fourth-order valence-corrected chi connectivity index (χ4v) is 4.50. The smallest absolute Gasteiger partial charge is 0.167 e. The van der Waals surface area contributed by atoms with Gasteiger partial charge in [0, 0.05) is 12.0 Å².